The van der Waals surface area contributed by atoms with Crippen molar-refractivity contribution in [3.8, 4) is 0 Å². The number of H-pyrrole nitrogens is 1. The summed E-state index contributed by atoms with van der Waals surface area (Å²) in [6, 6.07) is 0.467. The maximum Gasteiger partial charge on any atom is 0.224 e. The van der Waals surface area contributed by atoms with Gasteiger partial charge in [-0.15, -0.1) is 0 Å². The summed E-state index contributed by atoms with van der Waals surface area (Å²) in [6.07, 6.45) is 6.58. The number of imidazole rings is 1. The molecule has 0 aliphatic heterocycles. The van der Waals surface area contributed by atoms with Gasteiger partial charge in [-0.2, -0.15) is 9.97 Å². The van der Waals surface area contributed by atoms with E-state index in [1.54, 1.807) is 6.33 Å². The summed E-state index contributed by atoms with van der Waals surface area (Å²) in [7, 11) is 0. The summed E-state index contributed by atoms with van der Waals surface area (Å²) < 4.78 is 0. The molecule has 0 saturated heterocycles. The van der Waals surface area contributed by atoms with E-state index >= 15 is 0 Å². The highest BCUT2D eigenvalue weighted by Gasteiger charge is 2.20. The molecule has 1 fully saturated rings. The van der Waals surface area contributed by atoms with E-state index in [1.807, 2.05) is 0 Å². The second kappa shape index (κ2) is 4.44. The molecular weight excluding hydrogens is 228 g/mol. The topological polar surface area (TPSA) is 92.5 Å². The zero-order chi connectivity index (χ0) is 12.5. The van der Waals surface area contributed by atoms with Crippen molar-refractivity contribution in [1.82, 2.24) is 19.9 Å². The van der Waals surface area contributed by atoms with Crippen LogP contribution < -0.4 is 11.1 Å². The zero-order valence-corrected chi connectivity index (χ0v) is 10.5. The van der Waals surface area contributed by atoms with Gasteiger partial charge in [-0.05, 0) is 18.8 Å². The van der Waals surface area contributed by atoms with Gasteiger partial charge in [0.25, 0.3) is 0 Å². The quantitative estimate of drug-likeness (QED) is 0.753. The molecule has 1 saturated carbocycles. The molecule has 6 nitrogen and oxygen atoms in total. The van der Waals surface area contributed by atoms with Crippen LogP contribution in [0.5, 0.6) is 0 Å². The molecule has 1 aliphatic rings. The van der Waals surface area contributed by atoms with E-state index in [4.69, 9.17) is 5.73 Å². The number of rotatable bonds is 2. The summed E-state index contributed by atoms with van der Waals surface area (Å²) in [5, 5.41) is 3.48. The SMILES string of the molecule is CC1CCCC(Nc2nc(N)nc3nc[nH]c23)C1. The first kappa shape index (κ1) is 11.3. The Hall–Kier alpha value is -1.85. The summed E-state index contributed by atoms with van der Waals surface area (Å²) >= 11 is 0. The van der Waals surface area contributed by atoms with Gasteiger partial charge in [-0.1, -0.05) is 19.8 Å². The van der Waals surface area contributed by atoms with Crippen LogP contribution in [0, 0.1) is 5.92 Å². The fourth-order valence-electron chi connectivity index (χ4n) is 2.71. The lowest BCUT2D eigenvalue weighted by molar-refractivity contribution is 0.358. The molecule has 96 valence electrons. The average Bonchev–Trinajstić information content (AvgIpc) is 2.77. The van der Waals surface area contributed by atoms with Crippen LogP contribution >= 0.6 is 0 Å². The monoisotopic (exact) mass is 246 g/mol. The number of fused-ring (bicyclic) bond motifs is 1. The molecule has 0 spiro atoms. The highest BCUT2D eigenvalue weighted by atomic mass is 15.1. The lowest BCUT2D eigenvalue weighted by atomic mass is 9.87. The maximum absolute atomic E-state index is 5.70. The Balaban J connectivity index is 1.87. The van der Waals surface area contributed by atoms with Gasteiger partial charge in [0, 0.05) is 6.04 Å². The normalized spacial score (nSPS) is 24.3. The third-order valence-electron chi connectivity index (χ3n) is 3.58. The molecule has 2 atom stereocenters. The molecule has 2 heterocycles. The fourth-order valence-corrected chi connectivity index (χ4v) is 2.71. The molecule has 4 N–H and O–H groups in total. The molecule has 0 aromatic carbocycles. The zero-order valence-electron chi connectivity index (χ0n) is 10.5. The number of hydrogen-bond acceptors (Lipinski definition) is 5. The number of hydrogen-bond donors (Lipinski definition) is 3. The minimum Gasteiger partial charge on any atom is -0.368 e. The van der Waals surface area contributed by atoms with E-state index < -0.39 is 0 Å². The van der Waals surface area contributed by atoms with E-state index in [0.29, 0.717) is 11.7 Å². The Morgan fingerprint density at radius 2 is 2.28 bits per heavy atom. The highest BCUT2D eigenvalue weighted by molar-refractivity contribution is 5.83. The van der Waals surface area contributed by atoms with Crippen LogP contribution in [0.1, 0.15) is 32.6 Å². The minimum absolute atomic E-state index is 0.265. The number of nitrogens with two attached hydrogens (primary N) is 1. The molecule has 2 aromatic rings. The first-order chi connectivity index (χ1) is 8.72. The van der Waals surface area contributed by atoms with Crippen molar-refractivity contribution in [2.24, 2.45) is 5.92 Å². The molecule has 0 radical (unpaired) electrons. The van der Waals surface area contributed by atoms with E-state index in [9.17, 15) is 0 Å². The summed E-state index contributed by atoms with van der Waals surface area (Å²) in [4.78, 5) is 15.5. The van der Waals surface area contributed by atoms with Gasteiger partial charge < -0.3 is 16.0 Å². The van der Waals surface area contributed by atoms with Crippen LogP contribution in [0.2, 0.25) is 0 Å². The summed E-state index contributed by atoms with van der Waals surface area (Å²) in [5.74, 6) is 1.81. The largest absolute Gasteiger partial charge is 0.368 e. The predicted molar refractivity (Wildman–Crippen MR) is 71.1 cm³/mol. The van der Waals surface area contributed by atoms with E-state index in [2.05, 4.69) is 32.2 Å². The van der Waals surface area contributed by atoms with Crippen LogP contribution in [-0.4, -0.2) is 26.0 Å². The first-order valence-electron chi connectivity index (χ1n) is 6.45. The molecule has 3 rings (SSSR count). The molecule has 0 bridgehead atoms. The third-order valence-corrected chi connectivity index (χ3v) is 3.58. The van der Waals surface area contributed by atoms with Crippen LogP contribution in [0.15, 0.2) is 6.33 Å². The van der Waals surface area contributed by atoms with Crippen molar-refractivity contribution in [2.75, 3.05) is 11.1 Å². The molecule has 18 heavy (non-hydrogen) atoms. The molecule has 6 heteroatoms. The van der Waals surface area contributed by atoms with Gasteiger partial charge in [0.2, 0.25) is 5.95 Å². The van der Waals surface area contributed by atoms with E-state index in [1.165, 1.54) is 25.7 Å². The maximum atomic E-state index is 5.70. The average molecular weight is 246 g/mol. The lowest BCUT2D eigenvalue weighted by Gasteiger charge is -2.27. The Morgan fingerprint density at radius 1 is 1.39 bits per heavy atom. The van der Waals surface area contributed by atoms with Crippen molar-refractivity contribution >= 4 is 22.9 Å². The number of nitrogens with zero attached hydrogens (tertiary/aromatic N) is 3. The Bertz CT molecular complexity index is 548. The Labute approximate surface area is 105 Å². The van der Waals surface area contributed by atoms with Crippen LogP contribution in [0.25, 0.3) is 11.2 Å². The standard InChI is InChI=1S/C12H18N6/c1-7-3-2-4-8(5-7)16-11-9-10(15-6-14-9)17-12(13)18-11/h6-8H,2-5H2,1H3,(H4,13,14,15,16,17,18). The number of nitrogen functional groups attached to an aromatic ring is 1. The predicted octanol–water partition coefficient (Wildman–Crippen LogP) is 1.93. The van der Waals surface area contributed by atoms with Gasteiger partial charge in [-0.3, -0.25) is 0 Å². The van der Waals surface area contributed by atoms with Gasteiger partial charge >= 0.3 is 0 Å². The Kier molecular flexibility index (Phi) is 2.77. The van der Waals surface area contributed by atoms with Gasteiger partial charge in [-0.25, -0.2) is 4.98 Å². The summed E-state index contributed by atoms with van der Waals surface area (Å²) in [6.45, 7) is 2.30. The minimum atomic E-state index is 0.265. The van der Waals surface area contributed by atoms with Crippen LogP contribution in [0.4, 0.5) is 11.8 Å². The molecule has 2 unspecified atom stereocenters. The van der Waals surface area contributed by atoms with Crippen molar-refractivity contribution in [2.45, 2.75) is 38.6 Å². The molecule has 2 aromatic heterocycles. The van der Waals surface area contributed by atoms with Crippen LogP contribution in [0.3, 0.4) is 0 Å². The van der Waals surface area contributed by atoms with Gasteiger partial charge in [0.15, 0.2) is 11.5 Å². The van der Waals surface area contributed by atoms with E-state index in [0.717, 1.165) is 17.3 Å². The lowest BCUT2D eigenvalue weighted by Crippen LogP contribution is -2.27. The van der Waals surface area contributed by atoms with Gasteiger partial charge in [0.05, 0.1) is 6.33 Å². The first-order valence-corrected chi connectivity index (χ1v) is 6.45. The Morgan fingerprint density at radius 3 is 3.11 bits per heavy atom. The van der Waals surface area contributed by atoms with Crippen molar-refractivity contribution in [3.05, 3.63) is 6.33 Å². The number of nitrogens with one attached hydrogen (secondary N) is 2. The second-order valence-corrected chi connectivity index (χ2v) is 5.14. The van der Waals surface area contributed by atoms with Gasteiger partial charge in [0.1, 0.15) is 5.52 Å². The molecular formula is C12H18N6. The van der Waals surface area contributed by atoms with Crippen molar-refractivity contribution in [3.63, 3.8) is 0 Å². The second-order valence-electron chi connectivity index (χ2n) is 5.14. The summed E-state index contributed by atoms with van der Waals surface area (Å²) in [5.41, 5.74) is 7.16. The molecule has 1 aliphatic carbocycles. The fraction of sp³-hybridized carbons (Fsp3) is 0.583. The number of anilines is 2. The van der Waals surface area contributed by atoms with Crippen molar-refractivity contribution < 1.29 is 0 Å². The highest BCUT2D eigenvalue weighted by Crippen LogP contribution is 2.27. The van der Waals surface area contributed by atoms with Crippen LogP contribution in [-0.2, 0) is 0 Å². The third kappa shape index (κ3) is 2.10. The molecule has 0 amide bonds. The van der Waals surface area contributed by atoms with Crippen molar-refractivity contribution in [1.29, 1.82) is 0 Å². The smallest absolute Gasteiger partial charge is 0.224 e. The number of aromatic nitrogens is 4. The van der Waals surface area contributed by atoms with E-state index in [-0.39, 0.29) is 5.95 Å². The number of aromatic amines is 1.